The average Bonchev–Trinajstić information content (AvgIpc) is 1.96. The van der Waals surface area contributed by atoms with Crippen LogP contribution in [0.2, 0.25) is 0 Å². The van der Waals surface area contributed by atoms with Crippen molar-refractivity contribution in [1.29, 1.82) is 0 Å². The molecule has 0 amide bonds. The minimum Gasteiger partial charge on any atom is -0.236 e. The first kappa shape index (κ1) is 12.9. The molecule has 13 heavy (non-hydrogen) atoms. The van der Waals surface area contributed by atoms with Crippen LogP contribution in [0, 0.1) is 5.41 Å². The van der Waals surface area contributed by atoms with E-state index in [1.165, 1.54) is 0 Å². The van der Waals surface area contributed by atoms with Gasteiger partial charge in [0.1, 0.15) is 5.60 Å². The summed E-state index contributed by atoms with van der Waals surface area (Å²) in [6.45, 7) is 13.4. The monoisotopic (exact) mass is 188 g/mol. The van der Waals surface area contributed by atoms with Crippen molar-refractivity contribution in [3.05, 3.63) is 0 Å². The largest absolute Gasteiger partial charge is 0.236 e. The maximum atomic E-state index is 5.40. The van der Waals surface area contributed by atoms with E-state index in [0.717, 1.165) is 12.8 Å². The summed E-state index contributed by atoms with van der Waals surface area (Å²) in [6.07, 6.45) is 2.19. The molecular formula is C11H24O2. The van der Waals surface area contributed by atoms with Crippen LogP contribution in [0.4, 0.5) is 0 Å². The van der Waals surface area contributed by atoms with Gasteiger partial charge >= 0.3 is 0 Å². The third-order valence-corrected chi connectivity index (χ3v) is 2.65. The Morgan fingerprint density at radius 1 is 1.00 bits per heavy atom. The van der Waals surface area contributed by atoms with Crippen LogP contribution >= 0.6 is 0 Å². The maximum absolute atomic E-state index is 5.40. The van der Waals surface area contributed by atoms with Crippen LogP contribution in [-0.2, 0) is 9.78 Å². The Morgan fingerprint density at radius 3 is 1.92 bits per heavy atom. The van der Waals surface area contributed by atoms with Crippen molar-refractivity contribution in [3.8, 4) is 0 Å². The normalized spacial score (nSPS) is 13.4. The molecule has 0 saturated carbocycles. The molecule has 80 valence electrons. The molecule has 0 saturated heterocycles. The lowest BCUT2D eigenvalue weighted by molar-refractivity contribution is -0.373. The second-order valence-electron chi connectivity index (χ2n) is 5.02. The molecule has 2 nitrogen and oxygen atoms in total. The lowest BCUT2D eigenvalue weighted by atomic mass is 9.79. The highest BCUT2D eigenvalue weighted by Gasteiger charge is 2.35. The summed E-state index contributed by atoms with van der Waals surface area (Å²) in [7, 11) is 0. The van der Waals surface area contributed by atoms with Crippen molar-refractivity contribution in [1.82, 2.24) is 0 Å². The summed E-state index contributed by atoms with van der Waals surface area (Å²) in [6, 6.07) is 0. The Bertz CT molecular complexity index is 134. The van der Waals surface area contributed by atoms with E-state index in [9.17, 15) is 0 Å². The average molecular weight is 188 g/mol. The van der Waals surface area contributed by atoms with E-state index in [-0.39, 0.29) is 11.0 Å². The van der Waals surface area contributed by atoms with Crippen LogP contribution in [0.3, 0.4) is 0 Å². The fourth-order valence-electron chi connectivity index (χ4n) is 0.517. The van der Waals surface area contributed by atoms with Gasteiger partial charge in [-0.3, -0.25) is 0 Å². The van der Waals surface area contributed by atoms with Gasteiger partial charge in [0.15, 0.2) is 0 Å². The van der Waals surface area contributed by atoms with Crippen molar-refractivity contribution < 1.29 is 9.78 Å². The quantitative estimate of drug-likeness (QED) is 0.373. The van der Waals surface area contributed by atoms with Gasteiger partial charge in [-0.25, -0.2) is 9.78 Å². The van der Waals surface area contributed by atoms with Gasteiger partial charge in [0.05, 0.1) is 6.61 Å². The van der Waals surface area contributed by atoms with Gasteiger partial charge < -0.3 is 0 Å². The molecule has 0 fully saturated rings. The second kappa shape index (κ2) is 4.97. The van der Waals surface area contributed by atoms with Gasteiger partial charge in [-0.05, 0) is 25.7 Å². The van der Waals surface area contributed by atoms with E-state index in [1.807, 2.05) is 0 Å². The Balaban J connectivity index is 3.77. The Hall–Kier alpha value is -0.0800. The van der Waals surface area contributed by atoms with E-state index in [1.54, 1.807) is 0 Å². The van der Waals surface area contributed by atoms with Gasteiger partial charge in [-0.1, -0.05) is 34.1 Å². The van der Waals surface area contributed by atoms with Gasteiger partial charge in [-0.15, -0.1) is 0 Å². The molecule has 0 aliphatic carbocycles. The SMILES string of the molecule is CCCCOOC(C)(C)C(C)(C)C. The van der Waals surface area contributed by atoms with Crippen LogP contribution in [0.1, 0.15) is 54.4 Å². The Kier molecular flexibility index (Phi) is 4.93. The van der Waals surface area contributed by atoms with E-state index >= 15 is 0 Å². The summed E-state index contributed by atoms with van der Waals surface area (Å²) in [4.78, 5) is 10.6. The van der Waals surface area contributed by atoms with Crippen LogP contribution in [0.15, 0.2) is 0 Å². The summed E-state index contributed by atoms with van der Waals surface area (Å²) >= 11 is 0. The van der Waals surface area contributed by atoms with Gasteiger partial charge in [0.25, 0.3) is 0 Å². The summed E-state index contributed by atoms with van der Waals surface area (Å²) in [5.74, 6) is 0. The van der Waals surface area contributed by atoms with E-state index < -0.39 is 0 Å². The minimum atomic E-state index is -0.235. The summed E-state index contributed by atoms with van der Waals surface area (Å²) in [5, 5.41) is 0. The van der Waals surface area contributed by atoms with Crippen molar-refractivity contribution in [2.75, 3.05) is 6.61 Å². The van der Waals surface area contributed by atoms with Gasteiger partial charge in [0.2, 0.25) is 0 Å². The van der Waals surface area contributed by atoms with Crippen LogP contribution in [0.25, 0.3) is 0 Å². The molecular weight excluding hydrogens is 164 g/mol. The molecule has 2 heteroatoms. The topological polar surface area (TPSA) is 18.5 Å². The highest BCUT2D eigenvalue weighted by atomic mass is 17.2. The summed E-state index contributed by atoms with van der Waals surface area (Å²) in [5.41, 5.74) is -0.139. The Labute approximate surface area is 82.5 Å². The molecule has 0 unspecified atom stereocenters. The number of rotatable bonds is 5. The molecule has 0 heterocycles. The first-order valence-corrected chi connectivity index (χ1v) is 5.12. The van der Waals surface area contributed by atoms with Crippen LogP contribution in [-0.4, -0.2) is 12.2 Å². The van der Waals surface area contributed by atoms with Crippen molar-refractivity contribution in [3.63, 3.8) is 0 Å². The fourth-order valence-corrected chi connectivity index (χ4v) is 0.517. The lowest BCUT2D eigenvalue weighted by Crippen LogP contribution is -2.39. The minimum absolute atomic E-state index is 0.0964. The predicted octanol–water partition coefficient (Wildman–Crippen LogP) is 3.56. The third-order valence-electron chi connectivity index (χ3n) is 2.65. The molecule has 0 aromatic rings. The van der Waals surface area contributed by atoms with Crippen LogP contribution in [0.5, 0.6) is 0 Å². The van der Waals surface area contributed by atoms with Gasteiger partial charge in [0, 0.05) is 0 Å². The lowest BCUT2D eigenvalue weighted by Gasteiger charge is -2.36. The zero-order chi connectivity index (χ0) is 10.5. The van der Waals surface area contributed by atoms with Crippen molar-refractivity contribution >= 4 is 0 Å². The van der Waals surface area contributed by atoms with E-state index in [0.29, 0.717) is 6.61 Å². The fraction of sp³-hybridized carbons (Fsp3) is 1.00. The second-order valence-corrected chi connectivity index (χ2v) is 5.02. The zero-order valence-electron chi connectivity index (χ0n) is 9.94. The van der Waals surface area contributed by atoms with Gasteiger partial charge in [-0.2, -0.15) is 0 Å². The van der Waals surface area contributed by atoms with E-state index in [4.69, 9.17) is 9.78 Å². The molecule has 0 rings (SSSR count). The zero-order valence-corrected chi connectivity index (χ0v) is 9.94. The molecule has 0 radical (unpaired) electrons. The maximum Gasteiger partial charge on any atom is 0.103 e. The van der Waals surface area contributed by atoms with Crippen molar-refractivity contribution in [2.24, 2.45) is 5.41 Å². The molecule has 0 bridgehead atoms. The first-order valence-electron chi connectivity index (χ1n) is 5.12. The highest BCUT2D eigenvalue weighted by molar-refractivity contribution is 4.82. The standard InChI is InChI=1S/C11H24O2/c1-7-8-9-12-13-11(5,6)10(2,3)4/h7-9H2,1-6H3. The predicted molar refractivity (Wildman–Crippen MR) is 55.5 cm³/mol. The molecule has 0 aromatic heterocycles. The molecule has 0 atom stereocenters. The van der Waals surface area contributed by atoms with Crippen molar-refractivity contribution in [2.45, 2.75) is 60.0 Å². The molecule has 0 aliphatic rings. The smallest absolute Gasteiger partial charge is 0.103 e. The molecule has 0 spiro atoms. The Morgan fingerprint density at radius 2 is 1.54 bits per heavy atom. The summed E-state index contributed by atoms with van der Waals surface area (Å²) < 4.78 is 0. The number of hydrogen-bond donors (Lipinski definition) is 0. The molecule has 0 aromatic carbocycles. The molecule has 0 N–H and O–H groups in total. The van der Waals surface area contributed by atoms with E-state index in [2.05, 4.69) is 41.5 Å². The highest BCUT2D eigenvalue weighted by Crippen LogP contribution is 2.32. The number of unbranched alkanes of at least 4 members (excludes halogenated alkanes) is 1. The third kappa shape index (κ3) is 4.63. The number of hydrogen-bond acceptors (Lipinski definition) is 2. The first-order chi connectivity index (χ1) is 5.81. The van der Waals surface area contributed by atoms with Crippen LogP contribution < -0.4 is 0 Å². The molecule has 0 aliphatic heterocycles.